The number of hydrogen-bond acceptors (Lipinski definition) is 4. The van der Waals surface area contributed by atoms with Crippen molar-refractivity contribution in [3.05, 3.63) is 47.7 Å². The molecule has 2 rings (SSSR count). The van der Waals surface area contributed by atoms with Gasteiger partial charge in [-0.15, -0.1) is 11.6 Å². The summed E-state index contributed by atoms with van der Waals surface area (Å²) < 4.78 is 6.24. The zero-order chi connectivity index (χ0) is 15.2. The summed E-state index contributed by atoms with van der Waals surface area (Å²) in [6.07, 6.45) is 1.53. The van der Waals surface area contributed by atoms with Crippen LogP contribution in [0.15, 0.2) is 36.5 Å². The van der Waals surface area contributed by atoms with E-state index < -0.39 is 11.9 Å². The molecule has 0 unspecified atom stereocenters. The molecule has 1 amide bonds. The van der Waals surface area contributed by atoms with E-state index in [9.17, 15) is 9.59 Å². The molecule has 0 aliphatic carbocycles. The Hall–Kier alpha value is -2.34. The highest BCUT2D eigenvalue weighted by Gasteiger charge is 2.18. The first-order chi connectivity index (χ1) is 10.1. The molecule has 2 aromatic rings. The fourth-order valence-corrected chi connectivity index (χ4v) is 1.86. The second kappa shape index (κ2) is 6.90. The number of esters is 1. The van der Waals surface area contributed by atoms with Gasteiger partial charge in [-0.3, -0.25) is 9.48 Å². The normalized spacial score (nSPS) is 10.2. The standard InChI is InChI=1S/C14H14ClN3O3/c1-21-14(20)11-9-18(8-10-5-3-2-4-6-10)17-13(11)16-12(19)7-15/h2-6,9H,7-8H2,1H3,(H,16,17,19). The Morgan fingerprint density at radius 3 is 2.67 bits per heavy atom. The minimum atomic E-state index is -0.570. The van der Waals surface area contributed by atoms with Gasteiger partial charge in [0.2, 0.25) is 5.91 Å². The predicted molar refractivity (Wildman–Crippen MR) is 78.5 cm³/mol. The van der Waals surface area contributed by atoms with Gasteiger partial charge < -0.3 is 10.1 Å². The Bertz CT molecular complexity index is 640. The molecule has 6 nitrogen and oxygen atoms in total. The van der Waals surface area contributed by atoms with E-state index in [4.69, 9.17) is 11.6 Å². The summed E-state index contributed by atoms with van der Waals surface area (Å²) in [7, 11) is 1.27. The van der Waals surface area contributed by atoms with E-state index in [0.717, 1.165) is 5.56 Å². The number of halogens is 1. The van der Waals surface area contributed by atoms with Crippen molar-refractivity contribution < 1.29 is 14.3 Å². The highest BCUT2D eigenvalue weighted by atomic mass is 35.5. The smallest absolute Gasteiger partial charge is 0.343 e. The van der Waals surface area contributed by atoms with Gasteiger partial charge in [0.15, 0.2) is 5.82 Å². The van der Waals surface area contributed by atoms with Gasteiger partial charge in [0.1, 0.15) is 11.4 Å². The average Bonchev–Trinajstić information content (AvgIpc) is 2.89. The molecule has 7 heteroatoms. The third kappa shape index (κ3) is 3.82. The number of rotatable bonds is 5. The maximum Gasteiger partial charge on any atom is 0.343 e. The van der Waals surface area contributed by atoms with Crippen molar-refractivity contribution in [1.82, 2.24) is 9.78 Å². The van der Waals surface area contributed by atoms with Crippen molar-refractivity contribution >= 4 is 29.3 Å². The van der Waals surface area contributed by atoms with Crippen LogP contribution >= 0.6 is 11.6 Å². The van der Waals surface area contributed by atoms with Crippen LogP contribution in [0, 0.1) is 0 Å². The molecule has 0 aliphatic rings. The molecule has 0 aliphatic heterocycles. The number of aromatic nitrogens is 2. The number of hydrogen-bond donors (Lipinski definition) is 1. The predicted octanol–water partition coefficient (Wildman–Crippen LogP) is 1.90. The average molecular weight is 308 g/mol. The lowest BCUT2D eigenvalue weighted by Gasteiger charge is -2.01. The van der Waals surface area contributed by atoms with Crippen LogP contribution in [0.2, 0.25) is 0 Å². The molecule has 0 saturated carbocycles. The zero-order valence-corrected chi connectivity index (χ0v) is 12.1. The second-order valence-corrected chi connectivity index (χ2v) is 4.52. The van der Waals surface area contributed by atoms with Crippen LogP contribution in [0.4, 0.5) is 5.82 Å². The summed E-state index contributed by atoms with van der Waals surface area (Å²) in [5.41, 5.74) is 1.21. The maximum atomic E-state index is 11.7. The number of carbonyl (C=O) groups is 2. The van der Waals surface area contributed by atoms with Gasteiger partial charge in [0.25, 0.3) is 0 Å². The van der Waals surface area contributed by atoms with Gasteiger partial charge >= 0.3 is 5.97 Å². The molecule has 0 radical (unpaired) electrons. The molecule has 0 atom stereocenters. The Morgan fingerprint density at radius 2 is 2.05 bits per heavy atom. The summed E-state index contributed by atoms with van der Waals surface area (Å²) in [6, 6.07) is 9.62. The van der Waals surface area contributed by atoms with Crippen molar-refractivity contribution in [2.75, 3.05) is 18.3 Å². The molecular weight excluding hydrogens is 294 g/mol. The fourth-order valence-electron chi connectivity index (χ4n) is 1.79. The number of nitrogens with zero attached hydrogens (tertiary/aromatic N) is 2. The number of methoxy groups -OCH3 is 1. The molecule has 0 spiro atoms. The highest BCUT2D eigenvalue weighted by molar-refractivity contribution is 6.29. The highest BCUT2D eigenvalue weighted by Crippen LogP contribution is 2.15. The van der Waals surface area contributed by atoms with E-state index in [0.29, 0.717) is 6.54 Å². The van der Waals surface area contributed by atoms with E-state index in [1.54, 1.807) is 4.68 Å². The molecule has 0 bridgehead atoms. The van der Waals surface area contributed by atoms with Crippen LogP contribution in [0.5, 0.6) is 0 Å². The van der Waals surface area contributed by atoms with Gasteiger partial charge in [-0.25, -0.2) is 4.79 Å². The first-order valence-electron chi connectivity index (χ1n) is 6.19. The van der Waals surface area contributed by atoms with Crippen LogP contribution in [0.3, 0.4) is 0 Å². The molecule has 1 aromatic carbocycles. The lowest BCUT2D eigenvalue weighted by atomic mass is 10.2. The van der Waals surface area contributed by atoms with E-state index >= 15 is 0 Å². The third-order valence-corrected chi connectivity index (χ3v) is 2.98. The number of anilines is 1. The van der Waals surface area contributed by atoms with Crippen molar-refractivity contribution in [3.8, 4) is 0 Å². The van der Waals surface area contributed by atoms with Crippen LogP contribution in [-0.2, 0) is 16.1 Å². The van der Waals surface area contributed by atoms with E-state index in [-0.39, 0.29) is 17.3 Å². The number of benzene rings is 1. The largest absolute Gasteiger partial charge is 0.465 e. The summed E-state index contributed by atoms with van der Waals surface area (Å²) in [6.45, 7) is 0.474. The van der Waals surface area contributed by atoms with Crippen molar-refractivity contribution in [1.29, 1.82) is 0 Å². The summed E-state index contributed by atoms with van der Waals surface area (Å²) in [5, 5.41) is 6.67. The number of nitrogens with one attached hydrogen (secondary N) is 1. The SMILES string of the molecule is COC(=O)c1cn(Cc2ccccc2)nc1NC(=O)CCl. The third-order valence-electron chi connectivity index (χ3n) is 2.73. The van der Waals surface area contributed by atoms with Crippen molar-refractivity contribution in [3.63, 3.8) is 0 Å². The first kappa shape index (κ1) is 15.1. The maximum absolute atomic E-state index is 11.7. The molecule has 1 aromatic heterocycles. The van der Waals surface area contributed by atoms with Gasteiger partial charge in [0, 0.05) is 6.20 Å². The summed E-state index contributed by atoms with van der Waals surface area (Å²) in [4.78, 5) is 23.1. The molecule has 110 valence electrons. The lowest BCUT2D eigenvalue weighted by molar-refractivity contribution is -0.113. The van der Waals surface area contributed by atoms with Gasteiger partial charge in [-0.1, -0.05) is 30.3 Å². The Morgan fingerprint density at radius 1 is 1.33 bits per heavy atom. The Kier molecular flexibility index (Phi) is 4.94. The molecule has 1 N–H and O–H groups in total. The molecule has 1 heterocycles. The van der Waals surface area contributed by atoms with Gasteiger partial charge in [-0.05, 0) is 5.56 Å². The minimum absolute atomic E-state index is 0.142. The minimum Gasteiger partial charge on any atom is -0.465 e. The fraction of sp³-hybridized carbons (Fsp3) is 0.214. The number of carbonyl (C=O) groups excluding carboxylic acids is 2. The molecule has 21 heavy (non-hydrogen) atoms. The van der Waals surface area contributed by atoms with E-state index in [1.807, 2.05) is 30.3 Å². The number of ether oxygens (including phenoxy) is 1. The lowest BCUT2D eigenvalue weighted by Crippen LogP contribution is -2.15. The van der Waals surface area contributed by atoms with E-state index in [2.05, 4.69) is 15.2 Å². The topological polar surface area (TPSA) is 73.2 Å². The Balaban J connectivity index is 2.27. The number of alkyl halides is 1. The zero-order valence-electron chi connectivity index (χ0n) is 11.4. The summed E-state index contributed by atoms with van der Waals surface area (Å²) in [5.74, 6) is -1.08. The van der Waals surface area contributed by atoms with Gasteiger partial charge in [0.05, 0.1) is 13.7 Å². The summed E-state index contributed by atoms with van der Waals surface area (Å²) >= 11 is 5.44. The second-order valence-electron chi connectivity index (χ2n) is 4.25. The van der Waals surface area contributed by atoms with Crippen LogP contribution < -0.4 is 5.32 Å². The molecule has 0 fully saturated rings. The van der Waals surface area contributed by atoms with Crippen molar-refractivity contribution in [2.45, 2.75) is 6.54 Å². The van der Waals surface area contributed by atoms with Crippen LogP contribution in [-0.4, -0.2) is 34.6 Å². The quantitative estimate of drug-likeness (QED) is 0.676. The van der Waals surface area contributed by atoms with Crippen molar-refractivity contribution in [2.24, 2.45) is 0 Å². The number of amides is 1. The monoisotopic (exact) mass is 307 g/mol. The Labute approximate surface area is 126 Å². The van der Waals surface area contributed by atoms with Crippen LogP contribution in [0.1, 0.15) is 15.9 Å². The van der Waals surface area contributed by atoms with Crippen LogP contribution in [0.25, 0.3) is 0 Å². The molecule has 0 saturated heterocycles. The van der Waals surface area contributed by atoms with E-state index in [1.165, 1.54) is 13.3 Å². The molecular formula is C14H14ClN3O3. The first-order valence-corrected chi connectivity index (χ1v) is 6.73. The van der Waals surface area contributed by atoms with Gasteiger partial charge in [-0.2, -0.15) is 5.10 Å².